The van der Waals surface area contributed by atoms with E-state index in [0.29, 0.717) is 21.3 Å². The Morgan fingerprint density at radius 3 is 2.35 bits per heavy atom. The van der Waals surface area contributed by atoms with Gasteiger partial charge in [0, 0.05) is 17.2 Å². The predicted molar refractivity (Wildman–Crippen MR) is 71.4 cm³/mol. The van der Waals surface area contributed by atoms with Gasteiger partial charge in [0.05, 0.1) is 10.6 Å². The fraction of sp³-hybridized carbons (Fsp3) is 0. The first-order chi connectivity index (χ1) is 8.16. The number of nitrogens with zero attached hydrogens (tertiary/aromatic N) is 1. The van der Waals surface area contributed by atoms with E-state index >= 15 is 0 Å². The van der Waals surface area contributed by atoms with Crippen molar-refractivity contribution in [1.82, 2.24) is 0 Å². The number of para-hydroxylation sites is 1. The first-order valence-corrected chi connectivity index (χ1v) is 5.74. The fourth-order valence-electron chi connectivity index (χ4n) is 1.38. The van der Waals surface area contributed by atoms with Crippen molar-refractivity contribution in [3.8, 4) is 0 Å². The maximum Gasteiger partial charge on any atom is 0.216 e. The molecule has 0 atom stereocenters. The van der Waals surface area contributed by atoms with Crippen LogP contribution in [0.15, 0.2) is 48.5 Å². The molecular weight excluding hydrogens is 257 g/mol. The molecule has 86 valence electrons. The third-order valence-electron chi connectivity index (χ3n) is 2.23. The molecular formula is C13H9Cl2NO. The van der Waals surface area contributed by atoms with Crippen LogP contribution in [0.2, 0.25) is 10.0 Å². The molecule has 0 aliphatic carbocycles. The summed E-state index contributed by atoms with van der Waals surface area (Å²) in [5.74, 6) is 0. The molecule has 0 saturated heterocycles. The maximum atomic E-state index is 11.8. The minimum atomic E-state index is 0.453. The van der Waals surface area contributed by atoms with Crippen LogP contribution >= 0.6 is 23.2 Å². The Balaban J connectivity index is 2.36. The number of benzene rings is 2. The van der Waals surface area contributed by atoms with Gasteiger partial charge >= 0.3 is 0 Å². The van der Waals surface area contributed by atoms with Crippen LogP contribution in [-0.4, -0.2) is 11.0 Å². The molecule has 2 aromatic rings. The van der Waals surface area contributed by atoms with E-state index in [1.165, 1.54) is 6.21 Å². The molecule has 0 N–H and O–H groups in total. The zero-order chi connectivity index (χ0) is 12.3. The maximum absolute atomic E-state index is 11.8. The van der Waals surface area contributed by atoms with Gasteiger partial charge in [-0.1, -0.05) is 41.4 Å². The summed E-state index contributed by atoms with van der Waals surface area (Å²) in [5.41, 5.74) is 1.19. The van der Waals surface area contributed by atoms with E-state index in [0.717, 1.165) is 4.74 Å². The second-order valence-corrected chi connectivity index (χ2v) is 4.30. The van der Waals surface area contributed by atoms with Gasteiger partial charge in [-0.2, -0.15) is 4.74 Å². The van der Waals surface area contributed by atoms with Crippen molar-refractivity contribution in [1.29, 1.82) is 0 Å². The lowest BCUT2D eigenvalue weighted by Crippen LogP contribution is -1.99. The van der Waals surface area contributed by atoms with Crippen molar-refractivity contribution in [2.45, 2.75) is 0 Å². The van der Waals surface area contributed by atoms with Crippen molar-refractivity contribution >= 4 is 35.1 Å². The van der Waals surface area contributed by atoms with Crippen LogP contribution in [0.5, 0.6) is 0 Å². The molecule has 0 radical (unpaired) electrons. The van der Waals surface area contributed by atoms with E-state index in [1.54, 1.807) is 42.5 Å². The van der Waals surface area contributed by atoms with Crippen LogP contribution in [0.25, 0.3) is 0 Å². The van der Waals surface area contributed by atoms with Gasteiger partial charge in [0.2, 0.25) is 5.69 Å². The molecule has 0 saturated carbocycles. The van der Waals surface area contributed by atoms with Crippen molar-refractivity contribution in [3.63, 3.8) is 0 Å². The Morgan fingerprint density at radius 1 is 1.00 bits per heavy atom. The van der Waals surface area contributed by atoms with Gasteiger partial charge in [0.15, 0.2) is 6.21 Å². The molecule has 2 nitrogen and oxygen atoms in total. The standard InChI is InChI=1S/C13H9Cl2NO/c14-11-7-6-10(13(15)8-11)9-16(17)12-4-2-1-3-5-12/h1-9H/b16-9+. The van der Waals surface area contributed by atoms with Crippen LogP contribution in [0, 0.1) is 5.21 Å². The number of halogens is 2. The van der Waals surface area contributed by atoms with E-state index in [9.17, 15) is 5.21 Å². The largest absolute Gasteiger partial charge is 0.618 e. The Kier molecular flexibility index (Phi) is 3.67. The molecule has 0 heterocycles. The van der Waals surface area contributed by atoms with Gasteiger partial charge in [-0.15, -0.1) is 0 Å². The van der Waals surface area contributed by atoms with Crippen LogP contribution in [0.4, 0.5) is 5.69 Å². The highest BCUT2D eigenvalue weighted by atomic mass is 35.5. The van der Waals surface area contributed by atoms with Gasteiger partial charge in [0.25, 0.3) is 0 Å². The summed E-state index contributed by atoms with van der Waals surface area (Å²) < 4.78 is 0.773. The summed E-state index contributed by atoms with van der Waals surface area (Å²) in [6, 6.07) is 13.9. The topological polar surface area (TPSA) is 26.1 Å². The molecule has 17 heavy (non-hydrogen) atoms. The molecule has 0 fully saturated rings. The third kappa shape index (κ3) is 2.99. The first-order valence-electron chi connectivity index (χ1n) is 4.98. The second kappa shape index (κ2) is 5.21. The lowest BCUT2D eigenvalue weighted by molar-refractivity contribution is -0.354. The van der Waals surface area contributed by atoms with E-state index < -0.39 is 0 Å². The van der Waals surface area contributed by atoms with Crippen molar-refractivity contribution in [2.75, 3.05) is 0 Å². The molecule has 0 bridgehead atoms. The number of rotatable bonds is 2. The summed E-state index contributed by atoms with van der Waals surface area (Å²) >= 11 is 11.8. The van der Waals surface area contributed by atoms with Gasteiger partial charge in [-0.05, 0) is 18.2 Å². The van der Waals surface area contributed by atoms with Gasteiger partial charge in [-0.25, -0.2) is 0 Å². The van der Waals surface area contributed by atoms with Crippen LogP contribution < -0.4 is 0 Å². The van der Waals surface area contributed by atoms with E-state index in [4.69, 9.17) is 23.2 Å². The Labute approximate surface area is 109 Å². The van der Waals surface area contributed by atoms with Crippen LogP contribution in [-0.2, 0) is 0 Å². The molecule has 4 heteroatoms. The van der Waals surface area contributed by atoms with E-state index in [1.807, 2.05) is 6.07 Å². The van der Waals surface area contributed by atoms with Crippen LogP contribution in [0.1, 0.15) is 5.56 Å². The Hall–Kier alpha value is -1.51. The first kappa shape index (κ1) is 12.0. The SMILES string of the molecule is [O-]/[N+](=C/c1ccc(Cl)cc1Cl)c1ccccc1. The highest BCUT2D eigenvalue weighted by Gasteiger charge is 2.04. The molecule has 0 spiro atoms. The number of hydrogen-bond donors (Lipinski definition) is 0. The zero-order valence-corrected chi connectivity index (χ0v) is 10.3. The van der Waals surface area contributed by atoms with Crippen LogP contribution in [0.3, 0.4) is 0 Å². The molecule has 0 aromatic heterocycles. The molecule has 2 rings (SSSR count). The molecule has 0 aliphatic rings. The Morgan fingerprint density at radius 2 is 1.71 bits per heavy atom. The summed E-state index contributed by atoms with van der Waals surface area (Å²) in [6.45, 7) is 0. The van der Waals surface area contributed by atoms with Gasteiger partial charge < -0.3 is 5.21 Å². The van der Waals surface area contributed by atoms with Gasteiger partial charge in [0.1, 0.15) is 0 Å². The summed E-state index contributed by atoms with van der Waals surface area (Å²) in [6.07, 6.45) is 1.42. The lowest BCUT2D eigenvalue weighted by Gasteiger charge is -2.03. The molecule has 0 aliphatic heterocycles. The number of hydrogen-bond acceptors (Lipinski definition) is 1. The average molecular weight is 266 g/mol. The fourth-order valence-corrected chi connectivity index (χ4v) is 1.84. The summed E-state index contributed by atoms with van der Waals surface area (Å²) in [5, 5.41) is 12.8. The minimum Gasteiger partial charge on any atom is -0.618 e. The van der Waals surface area contributed by atoms with E-state index in [-0.39, 0.29) is 0 Å². The van der Waals surface area contributed by atoms with Crippen molar-refractivity contribution < 1.29 is 4.74 Å². The second-order valence-electron chi connectivity index (χ2n) is 3.46. The van der Waals surface area contributed by atoms with Gasteiger partial charge in [-0.3, -0.25) is 0 Å². The third-order valence-corrected chi connectivity index (χ3v) is 2.79. The predicted octanol–water partition coefficient (Wildman–Crippen LogP) is 4.25. The normalized spacial score (nSPS) is 11.5. The van der Waals surface area contributed by atoms with Crippen molar-refractivity contribution in [3.05, 3.63) is 69.3 Å². The smallest absolute Gasteiger partial charge is 0.216 e. The summed E-state index contributed by atoms with van der Waals surface area (Å²) in [4.78, 5) is 0. The van der Waals surface area contributed by atoms with E-state index in [2.05, 4.69) is 0 Å². The quantitative estimate of drug-likeness (QED) is 0.345. The monoisotopic (exact) mass is 265 g/mol. The highest BCUT2D eigenvalue weighted by Crippen LogP contribution is 2.20. The molecule has 2 aromatic carbocycles. The molecule has 0 amide bonds. The zero-order valence-electron chi connectivity index (χ0n) is 8.81. The minimum absolute atomic E-state index is 0.453. The average Bonchev–Trinajstić information content (AvgIpc) is 2.34. The van der Waals surface area contributed by atoms with Crippen molar-refractivity contribution in [2.24, 2.45) is 0 Å². The highest BCUT2D eigenvalue weighted by molar-refractivity contribution is 6.36. The molecule has 0 unspecified atom stereocenters. The summed E-state index contributed by atoms with van der Waals surface area (Å²) in [7, 11) is 0. The Bertz CT molecular complexity index is 553. The lowest BCUT2D eigenvalue weighted by atomic mass is 10.2.